The van der Waals surface area contributed by atoms with E-state index in [1.165, 1.54) is 0 Å². The Morgan fingerprint density at radius 3 is 2.63 bits per heavy atom. The van der Waals surface area contributed by atoms with E-state index in [0.29, 0.717) is 26.1 Å². The van der Waals surface area contributed by atoms with Crippen LogP contribution in [0.3, 0.4) is 0 Å². The molecular formula is C13H22N2O4. The van der Waals surface area contributed by atoms with Gasteiger partial charge in [-0.2, -0.15) is 0 Å². The van der Waals surface area contributed by atoms with Crippen molar-refractivity contribution in [2.45, 2.75) is 32.2 Å². The Bertz CT molecular complexity index is 353. The Morgan fingerprint density at radius 1 is 1.42 bits per heavy atom. The van der Waals surface area contributed by atoms with E-state index in [2.05, 4.69) is 10.6 Å². The molecule has 1 amide bonds. The number of aliphatic carboxylic acids is 1. The second-order valence-electron chi connectivity index (χ2n) is 5.55. The molecule has 3 N–H and O–H groups in total. The van der Waals surface area contributed by atoms with Crippen LogP contribution in [-0.4, -0.2) is 49.3 Å². The van der Waals surface area contributed by atoms with Crippen molar-refractivity contribution in [2.24, 2.45) is 11.3 Å². The van der Waals surface area contributed by atoms with Gasteiger partial charge in [-0.15, -0.1) is 0 Å². The number of carboxylic acid groups (broad SMARTS) is 1. The van der Waals surface area contributed by atoms with Gasteiger partial charge in [-0.1, -0.05) is 0 Å². The average molecular weight is 270 g/mol. The molecule has 2 atom stereocenters. The molecule has 2 unspecified atom stereocenters. The lowest BCUT2D eigenvalue weighted by Gasteiger charge is -2.33. The highest BCUT2D eigenvalue weighted by Crippen LogP contribution is 2.30. The van der Waals surface area contributed by atoms with Crippen molar-refractivity contribution in [3.63, 3.8) is 0 Å². The predicted octanol–water partition coefficient (Wildman–Crippen LogP) is -0.0180. The fourth-order valence-electron chi connectivity index (χ4n) is 2.83. The maximum Gasteiger partial charge on any atom is 0.311 e. The Kier molecular flexibility index (Phi) is 4.42. The Balaban J connectivity index is 1.91. The maximum absolute atomic E-state index is 12.1. The normalized spacial score (nSPS) is 29.9. The van der Waals surface area contributed by atoms with Gasteiger partial charge in [-0.3, -0.25) is 9.59 Å². The van der Waals surface area contributed by atoms with E-state index in [-0.39, 0.29) is 24.4 Å². The molecule has 2 fully saturated rings. The first kappa shape index (κ1) is 14.3. The summed E-state index contributed by atoms with van der Waals surface area (Å²) in [5.74, 6) is -0.927. The quantitative estimate of drug-likeness (QED) is 0.668. The van der Waals surface area contributed by atoms with Crippen molar-refractivity contribution >= 4 is 11.9 Å². The van der Waals surface area contributed by atoms with Crippen LogP contribution < -0.4 is 10.6 Å². The third kappa shape index (κ3) is 3.06. The summed E-state index contributed by atoms with van der Waals surface area (Å²) in [4.78, 5) is 23.5. The van der Waals surface area contributed by atoms with Crippen LogP contribution in [0.4, 0.5) is 0 Å². The Labute approximate surface area is 112 Å². The molecule has 0 aromatic rings. The van der Waals surface area contributed by atoms with Crippen molar-refractivity contribution in [1.82, 2.24) is 10.6 Å². The summed E-state index contributed by atoms with van der Waals surface area (Å²) in [7, 11) is 0. The second kappa shape index (κ2) is 5.88. The maximum atomic E-state index is 12.1. The molecule has 0 spiro atoms. The molecule has 0 radical (unpaired) electrons. The number of carbonyl (C=O) groups excluding carboxylic acids is 1. The van der Waals surface area contributed by atoms with Crippen LogP contribution in [0.25, 0.3) is 0 Å². The van der Waals surface area contributed by atoms with Gasteiger partial charge in [0.05, 0.1) is 11.3 Å². The second-order valence-corrected chi connectivity index (χ2v) is 5.55. The molecule has 0 aromatic heterocycles. The summed E-state index contributed by atoms with van der Waals surface area (Å²) in [5.41, 5.74) is -0.858. The summed E-state index contributed by atoms with van der Waals surface area (Å²) >= 11 is 0. The topological polar surface area (TPSA) is 87.7 Å². The molecule has 2 rings (SSSR count). The number of carbonyl (C=O) groups is 2. The molecule has 2 heterocycles. The smallest absolute Gasteiger partial charge is 0.311 e. The van der Waals surface area contributed by atoms with Crippen molar-refractivity contribution in [2.75, 3.05) is 26.3 Å². The van der Waals surface area contributed by atoms with Gasteiger partial charge in [-0.05, 0) is 32.7 Å². The third-order valence-corrected chi connectivity index (χ3v) is 4.37. The van der Waals surface area contributed by atoms with E-state index in [0.717, 1.165) is 13.0 Å². The lowest BCUT2D eigenvalue weighted by atomic mass is 9.80. The molecular weight excluding hydrogens is 248 g/mol. The van der Waals surface area contributed by atoms with E-state index in [4.69, 9.17) is 4.74 Å². The molecule has 0 aliphatic carbocycles. The number of amides is 1. The van der Waals surface area contributed by atoms with E-state index in [9.17, 15) is 14.7 Å². The fourth-order valence-corrected chi connectivity index (χ4v) is 2.83. The number of hydrogen-bond acceptors (Lipinski definition) is 4. The van der Waals surface area contributed by atoms with E-state index >= 15 is 0 Å². The Morgan fingerprint density at radius 2 is 2.11 bits per heavy atom. The molecule has 2 aliphatic rings. The van der Waals surface area contributed by atoms with Gasteiger partial charge in [0.1, 0.15) is 0 Å². The van der Waals surface area contributed by atoms with Gasteiger partial charge in [0, 0.05) is 25.8 Å². The zero-order valence-corrected chi connectivity index (χ0v) is 11.3. The monoisotopic (exact) mass is 270 g/mol. The Hall–Kier alpha value is -1.14. The van der Waals surface area contributed by atoms with Crippen LogP contribution in [0.1, 0.15) is 26.2 Å². The lowest BCUT2D eigenvalue weighted by molar-refractivity contribution is -0.154. The minimum absolute atomic E-state index is 0.0374. The SMILES string of the molecule is CC1NCCC1C(=O)NCC1(C(=O)O)CCOCC1. The largest absolute Gasteiger partial charge is 0.481 e. The zero-order valence-electron chi connectivity index (χ0n) is 11.3. The van der Waals surface area contributed by atoms with Gasteiger partial charge < -0.3 is 20.5 Å². The van der Waals surface area contributed by atoms with Crippen LogP contribution in [0.2, 0.25) is 0 Å². The van der Waals surface area contributed by atoms with Crippen LogP contribution in [0.15, 0.2) is 0 Å². The minimum atomic E-state index is -0.858. The minimum Gasteiger partial charge on any atom is -0.481 e. The number of rotatable bonds is 4. The first-order valence-electron chi connectivity index (χ1n) is 6.87. The highest BCUT2D eigenvalue weighted by atomic mass is 16.5. The summed E-state index contributed by atoms with van der Waals surface area (Å²) in [6, 6.07) is 0.162. The highest BCUT2D eigenvalue weighted by Gasteiger charge is 2.41. The molecule has 0 bridgehead atoms. The average Bonchev–Trinajstić information content (AvgIpc) is 2.83. The summed E-state index contributed by atoms with van der Waals surface area (Å²) < 4.78 is 5.21. The number of ether oxygens (including phenoxy) is 1. The van der Waals surface area contributed by atoms with Crippen molar-refractivity contribution in [3.8, 4) is 0 Å². The standard InChI is InChI=1S/C13H22N2O4/c1-9-10(2-5-14-9)11(16)15-8-13(12(17)18)3-6-19-7-4-13/h9-10,14H,2-8H2,1H3,(H,15,16)(H,17,18). The molecule has 6 heteroatoms. The lowest BCUT2D eigenvalue weighted by Crippen LogP contribution is -2.48. The molecule has 19 heavy (non-hydrogen) atoms. The van der Waals surface area contributed by atoms with Crippen LogP contribution in [0.5, 0.6) is 0 Å². The molecule has 2 aliphatic heterocycles. The fraction of sp³-hybridized carbons (Fsp3) is 0.846. The summed E-state index contributed by atoms with van der Waals surface area (Å²) in [6.45, 7) is 3.93. The number of hydrogen-bond donors (Lipinski definition) is 3. The predicted molar refractivity (Wildman–Crippen MR) is 68.7 cm³/mol. The number of carboxylic acids is 1. The zero-order chi connectivity index (χ0) is 13.9. The van der Waals surface area contributed by atoms with Gasteiger partial charge in [-0.25, -0.2) is 0 Å². The van der Waals surface area contributed by atoms with Crippen molar-refractivity contribution in [3.05, 3.63) is 0 Å². The summed E-state index contributed by atoms with van der Waals surface area (Å²) in [6.07, 6.45) is 1.73. The van der Waals surface area contributed by atoms with Crippen molar-refractivity contribution < 1.29 is 19.4 Å². The van der Waals surface area contributed by atoms with Gasteiger partial charge in [0.25, 0.3) is 0 Å². The molecule has 2 saturated heterocycles. The van der Waals surface area contributed by atoms with Crippen LogP contribution in [0, 0.1) is 11.3 Å². The molecule has 108 valence electrons. The third-order valence-electron chi connectivity index (χ3n) is 4.37. The first-order valence-corrected chi connectivity index (χ1v) is 6.87. The molecule has 0 aromatic carbocycles. The molecule has 6 nitrogen and oxygen atoms in total. The first-order chi connectivity index (χ1) is 9.05. The van der Waals surface area contributed by atoms with Gasteiger partial charge in [0.2, 0.25) is 5.91 Å². The van der Waals surface area contributed by atoms with E-state index in [1.54, 1.807) is 0 Å². The summed E-state index contributed by atoms with van der Waals surface area (Å²) in [5, 5.41) is 15.5. The number of nitrogens with one attached hydrogen (secondary N) is 2. The van der Waals surface area contributed by atoms with Gasteiger partial charge >= 0.3 is 5.97 Å². The highest BCUT2D eigenvalue weighted by molar-refractivity contribution is 5.81. The van der Waals surface area contributed by atoms with E-state index in [1.807, 2.05) is 6.92 Å². The van der Waals surface area contributed by atoms with Gasteiger partial charge in [0.15, 0.2) is 0 Å². The van der Waals surface area contributed by atoms with Crippen LogP contribution in [-0.2, 0) is 14.3 Å². The molecule has 0 saturated carbocycles. The van der Waals surface area contributed by atoms with Crippen LogP contribution >= 0.6 is 0 Å². The van der Waals surface area contributed by atoms with Crippen molar-refractivity contribution in [1.29, 1.82) is 0 Å². The van der Waals surface area contributed by atoms with E-state index < -0.39 is 11.4 Å².